The molecule has 1 saturated carbocycles. The van der Waals surface area contributed by atoms with Crippen molar-refractivity contribution in [1.29, 1.82) is 0 Å². The Balaban J connectivity index is 1.86. The van der Waals surface area contributed by atoms with Crippen LogP contribution in [0.2, 0.25) is 10.0 Å². The van der Waals surface area contributed by atoms with E-state index in [1.165, 1.54) is 6.42 Å². The van der Waals surface area contributed by atoms with Gasteiger partial charge in [-0.2, -0.15) is 0 Å². The van der Waals surface area contributed by atoms with Gasteiger partial charge in [0.2, 0.25) is 0 Å². The third-order valence-corrected chi connectivity index (χ3v) is 5.13. The lowest BCUT2D eigenvalue weighted by atomic mass is 9.78. The van der Waals surface area contributed by atoms with Crippen LogP contribution in [0.15, 0.2) is 18.2 Å². The van der Waals surface area contributed by atoms with E-state index >= 15 is 0 Å². The summed E-state index contributed by atoms with van der Waals surface area (Å²) >= 11 is 11.9. The maximum Gasteiger partial charge on any atom is 0.258 e. The zero-order valence-electron chi connectivity index (χ0n) is 12.4. The summed E-state index contributed by atoms with van der Waals surface area (Å²) < 4.78 is 5.45. The maximum atomic E-state index is 12.0. The second kappa shape index (κ2) is 7.37. The number of carbonyl (C=O) groups is 1. The van der Waals surface area contributed by atoms with Crippen molar-refractivity contribution in [2.45, 2.75) is 39.2 Å². The average Bonchev–Trinajstić information content (AvgIpc) is 2.45. The molecule has 0 heterocycles. The van der Waals surface area contributed by atoms with Crippen molar-refractivity contribution in [2.75, 3.05) is 6.61 Å². The molecule has 1 aliphatic rings. The second-order valence-corrected chi connectivity index (χ2v) is 6.57. The number of halogens is 2. The Morgan fingerprint density at radius 3 is 2.86 bits per heavy atom. The summed E-state index contributed by atoms with van der Waals surface area (Å²) in [5, 5.41) is 3.82. The van der Waals surface area contributed by atoms with Crippen molar-refractivity contribution in [2.24, 2.45) is 11.8 Å². The summed E-state index contributed by atoms with van der Waals surface area (Å²) in [5.41, 5.74) is 0. The van der Waals surface area contributed by atoms with Gasteiger partial charge >= 0.3 is 0 Å². The molecule has 0 radical (unpaired) electrons. The Bertz CT molecular complexity index is 507. The van der Waals surface area contributed by atoms with Crippen LogP contribution in [-0.2, 0) is 4.79 Å². The van der Waals surface area contributed by atoms with Crippen LogP contribution in [0.25, 0.3) is 0 Å². The quantitative estimate of drug-likeness (QED) is 0.893. The van der Waals surface area contributed by atoms with E-state index in [0.29, 0.717) is 27.6 Å². The van der Waals surface area contributed by atoms with E-state index in [2.05, 4.69) is 19.2 Å². The van der Waals surface area contributed by atoms with Gasteiger partial charge in [-0.3, -0.25) is 4.79 Å². The topological polar surface area (TPSA) is 38.3 Å². The lowest BCUT2D eigenvalue weighted by Gasteiger charge is -2.34. The fraction of sp³-hybridized carbons (Fsp3) is 0.562. The van der Waals surface area contributed by atoms with Crippen LogP contribution in [0.4, 0.5) is 0 Å². The fourth-order valence-corrected chi connectivity index (χ4v) is 3.12. The molecule has 2 rings (SSSR count). The summed E-state index contributed by atoms with van der Waals surface area (Å²) in [6.07, 6.45) is 3.44. The average molecular weight is 330 g/mol. The molecule has 1 fully saturated rings. The van der Waals surface area contributed by atoms with Crippen molar-refractivity contribution in [1.82, 2.24) is 5.32 Å². The highest BCUT2D eigenvalue weighted by molar-refractivity contribution is 6.42. The number of hydrogen-bond acceptors (Lipinski definition) is 2. The van der Waals surface area contributed by atoms with E-state index in [-0.39, 0.29) is 18.6 Å². The maximum absolute atomic E-state index is 12.0. The molecule has 1 aromatic carbocycles. The highest BCUT2D eigenvalue weighted by atomic mass is 35.5. The number of nitrogens with one attached hydrogen (secondary N) is 1. The molecular formula is C16H21Cl2NO2. The van der Waals surface area contributed by atoms with E-state index in [0.717, 1.165) is 12.8 Å². The first-order chi connectivity index (χ1) is 9.99. The largest absolute Gasteiger partial charge is 0.482 e. The molecular weight excluding hydrogens is 309 g/mol. The third-order valence-electron chi connectivity index (χ3n) is 4.33. The number of benzene rings is 1. The summed E-state index contributed by atoms with van der Waals surface area (Å²) in [6.45, 7) is 4.40. The Labute approximate surface area is 136 Å². The first-order valence-electron chi connectivity index (χ1n) is 7.35. The van der Waals surface area contributed by atoms with Crippen molar-refractivity contribution >= 4 is 29.1 Å². The molecule has 5 heteroatoms. The van der Waals surface area contributed by atoms with Gasteiger partial charge in [0.25, 0.3) is 5.91 Å². The van der Waals surface area contributed by atoms with Crippen LogP contribution >= 0.6 is 23.2 Å². The van der Waals surface area contributed by atoms with Gasteiger partial charge < -0.3 is 10.1 Å². The molecule has 1 aliphatic carbocycles. The van der Waals surface area contributed by atoms with E-state index < -0.39 is 0 Å². The van der Waals surface area contributed by atoms with Crippen LogP contribution in [0.3, 0.4) is 0 Å². The van der Waals surface area contributed by atoms with Crippen LogP contribution in [-0.4, -0.2) is 18.6 Å². The Morgan fingerprint density at radius 1 is 1.33 bits per heavy atom. The van der Waals surface area contributed by atoms with Crippen molar-refractivity contribution in [3.05, 3.63) is 28.2 Å². The summed E-state index contributed by atoms with van der Waals surface area (Å²) in [5.74, 6) is 1.46. The number of amides is 1. The monoisotopic (exact) mass is 329 g/mol. The van der Waals surface area contributed by atoms with E-state index in [1.807, 2.05) is 0 Å². The SMILES string of the molecule is C[C@@H]1[C@H](C)CCC[C@@H]1NC(=O)COc1cccc(Cl)c1Cl. The lowest BCUT2D eigenvalue weighted by molar-refractivity contribution is -0.124. The van der Waals surface area contributed by atoms with Gasteiger partial charge in [0, 0.05) is 6.04 Å². The number of carbonyl (C=O) groups excluding carboxylic acids is 1. The van der Waals surface area contributed by atoms with Gasteiger partial charge in [-0.05, 0) is 30.4 Å². The standard InChI is InChI=1S/C16H21Cl2NO2/c1-10-5-3-7-13(11(10)2)19-15(20)9-21-14-8-4-6-12(17)16(14)18/h4,6,8,10-11,13H,3,5,7,9H2,1-2H3,(H,19,20)/t10-,11-,13+/m1/s1. The van der Waals surface area contributed by atoms with Crippen molar-refractivity contribution in [3.8, 4) is 5.75 Å². The number of ether oxygens (including phenoxy) is 1. The molecule has 0 spiro atoms. The van der Waals surface area contributed by atoms with Gasteiger partial charge in [0.05, 0.1) is 5.02 Å². The highest BCUT2D eigenvalue weighted by Crippen LogP contribution is 2.31. The van der Waals surface area contributed by atoms with Gasteiger partial charge in [-0.25, -0.2) is 0 Å². The molecule has 1 amide bonds. The summed E-state index contributed by atoms with van der Waals surface area (Å²) in [7, 11) is 0. The zero-order chi connectivity index (χ0) is 15.4. The molecule has 21 heavy (non-hydrogen) atoms. The Kier molecular flexibility index (Phi) is 5.77. The summed E-state index contributed by atoms with van der Waals surface area (Å²) in [4.78, 5) is 12.0. The molecule has 0 bridgehead atoms. The van der Waals surface area contributed by atoms with Crippen LogP contribution in [0.1, 0.15) is 33.1 Å². The van der Waals surface area contributed by atoms with Crippen LogP contribution in [0, 0.1) is 11.8 Å². The van der Waals surface area contributed by atoms with Crippen LogP contribution in [0.5, 0.6) is 5.75 Å². The predicted octanol–water partition coefficient (Wildman–Crippen LogP) is 4.31. The lowest BCUT2D eigenvalue weighted by Crippen LogP contribution is -2.45. The second-order valence-electron chi connectivity index (χ2n) is 5.78. The molecule has 3 nitrogen and oxygen atoms in total. The minimum Gasteiger partial charge on any atom is -0.482 e. The van der Waals surface area contributed by atoms with Crippen molar-refractivity contribution in [3.63, 3.8) is 0 Å². The van der Waals surface area contributed by atoms with E-state index in [4.69, 9.17) is 27.9 Å². The molecule has 0 unspecified atom stereocenters. The van der Waals surface area contributed by atoms with Gasteiger partial charge in [0.1, 0.15) is 10.8 Å². The minimum absolute atomic E-state index is 0.0440. The zero-order valence-corrected chi connectivity index (χ0v) is 13.9. The number of hydrogen-bond donors (Lipinski definition) is 1. The van der Waals surface area contributed by atoms with Gasteiger partial charge in [-0.1, -0.05) is 56.0 Å². The van der Waals surface area contributed by atoms with Gasteiger partial charge in [0.15, 0.2) is 6.61 Å². The molecule has 0 aliphatic heterocycles. The summed E-state index contributed by atoms with van der Waals surface area (Å²) in [6, 6.07) is 5.36. The molecule has 1 N–H and O–H groups in total. The number of rotatable bonds is 4. The minimum atomic E-state index is -0.114. The van der Waals surface area contributed by atoms with Crippen molar-refractivity contribution < 1.29 is 9.53 Å². The Morgan fingerprint density at radius 2 is 2.10 bits per heavy atom. The highest BCUT2D eigenvalue weighted by Gasteiger charge is 2.28. The predicted molar refractivity (Wildman–Crippen MR) is 86.1 cm³/mol. The molecule has 116 valence electrons. The van der Waals surface area contributed by atoms with E-state index in [9.17, 15) is 4.79 Å². The molecule has 3 atom stereocenters. The molecule has 1 aromatic rings. The third kappa shape index (κ3) is 4.27. The Hall–Kier alpha value is -0.930. The molecule has 0 aromatic heterocycles. The first-order valence-corrected chi connectivity index (χ1v) is 8.10. The van der Waals surface area contributed by atoms with E-state index in [1.54, 1.807) is 18.2 Å². The van der Waals surface area contributed by atoms with Crippen LogP contribution < -0.4 is 10.1 Å². The fourth-order valence-electron chi connectivity index (χ4n) is 2.77. The first kappa shape index (κ1) is 16.4. The van der Waals surface area contributed by atoms with Gasteiger partial charge in [-0.15, -0.1) is 0 Å². The molecule has 0 saturated heterocycles. The normalized spacial score (nSPS) is 25.4. The smallest absolute Gasteiger partial charge is 0.258 e.